The summed E-state index contributed by atoms with van der Waals surface area (Å²) in [7, 11) is 0. The van der Waals surface area contributed by atoms with Gasteiger partial charge in [-0.05, 0) is 44.7 Å². The van der Waals surface area contributed by atoms with E-state index in [0.717, 1.165) is 19.7 Å². The number of nitrogens with zero attached hydrogens (tertiary/aromatic N) is 1. The minimum Gasteiger partial charge on any atom is -0.377 e. The number of piperidine rings is 1. The fourth-order valence-electron chi connectivity index (χ4n) is 2.37. The summed E-state index contributed by atoms with van der Waals surface area (Å²) >= 11 is 1.91. The molecule has 2 atom stereocenters. The summed E-state index contributed by atoms with van der Waals surface area (Å²) in [5.41, 5.74) is 5.87. The fourth-order valence-corrected chi connectivity index (χ4v) is 2.88. The first kappa shape index (κ1) is 14.3. The van der Waals surface area contributed by atoms with Crippen molar-refractivity contribution in [3.8, 4) is 0 Å². The maximum atomic E-state index is 5.87. The van der Waals surface area contributed by atoms with Gasteiger partial charge < -0.3 is 10.5 Å². The molecule has 0 aromatic rings. The molecule has 0 aromatic carbocycles. The Kier molecular flexibility index (Phi) is 7.45. The fraction of sp³-hybridized carbons (Fsp3) is 1.00. The van der Waals surface area contributed by atoms with Crippen LogP contribution in [0.25, 0.3) is 0 Å². The van der Waals surface area contributed by atoms with Gasteiger partial charge >= 0.3 is 0 Å². The second-order valence-corrected chi connectivity index (χ2v) is 5.37. The molecule has 16 heavy (non-hydrogen) atoms. The highest BCUT2D eigenvalue weighted by Gasteiger charge is 2.24. The summed E-state index contributed by atoms with van der Waals surface area (Å²) in [6.07, 6.45) is 6.26. The molecular formula is C12H26N2OS. The highest BCUT2D eigenvalue weighted by molar-refractivity contribution is 7.98. The van der Waals surface area contributed by atoms with Gasteiger partial charge in [0.2, 0.25) is 0 Å². The van der Waals surface area contributed by atoms with Crippen molar-refractivity contribution in [3.63, 3.8) is 0 Å². The highest BCUT2D eigenvalue weighted by Crippen LogP contribution is 2.17. The summed E-state index contributed by atoms with van der Waals surface area (Å²) in [5, 5.41) is 0. The van der Waals surface area contributed by atoms with Crippen molar-refractivity contribution in [2.24, 2.45) is 5.73 Å². The average molecular weight is 246 g/mol. The lowest BCUT2D eigenvalue weighted by atomic mass is 10.0. The van der Waals surface area contributed by atoms with Crippen molar-refractivity contribution in [3.05, 3.63) is 0 Å². The molecule has 2 unspecified atom stereocenters. The number of nitrogens with two attached hydrogens (primary N) is 1. The van der Waals surface area contributed by atoms with Gasteiger partial charge in [0.1, 0.15) is 0 Å². The van der Waals surface area contributed by atoms with Crippen LogP contribution in [0.1, 0.15) is 26.2 Å². The monoisotopic (exact) mass is 246 g/mol. The van der Waals surface area contributed by atoms with E-state index >= 15 is 0 Å². The van der Waals surface area contributed by atoms with Crippen LogP contribution in [0.5, 0.6) is 0 Å². The maximum absolute atomic E-state index is 5.87. The first-order chi connectivity index (χ1) is 7.81. The molecule has 3 nitrogen and oxygen atoms in total. The van der Waals surface area contributed by atoms with E-state index in [1.54, 1.807) is 0 Å². The minimum atomic E-state index is 0.432. The first-order valence-corrected chi connectivity index (χ1v) is 7.75. The first-order valence-electron chi connectivity index (χ1n) is 6.36. The van der Waals surface area contributed by atoms with Crippen molar-refractivity contribution in [2.75, 3.05) is 38.2 Å². The Labute approximate surface area is 104 Å². The zero-order valence-corrected chi connectivity index (χ0v) is 11.5. The molecule has 1 heterocycles. The Morgan fingerprint density at radius 3 is 3.00 bits per heavy atom. The molecule has 2 N–H and O–H groups in total. The van der Waals surface area contributed by atoms with Crippen LogP contribution in [0, 0.1) is 0 Å². The molecule has 1 aliphatic rings. The van der Waals surface area contributed by atoms with Gasteiger partial charge in [-0.15, -0.1) is 0 Å². The lowest BCUT2D eigenvalue weighted by molar-refractivity contribution is -0.00649. The van der Waals surface area contributed by atoms with Crippen LogP contribution < -0.4 is 5.73 Å². The topological polar surface area (TPSA) is 38.5 Å². The van der Waals surface area contributed by atoms with Gasteiger partial charge in [-0.1, -0.05) is 0 Å². The van der Waals surface area contributed by atoms with Gasteiger partial charge in [-0.25, -0.2) is 0 Å². The van der Waals surface area contributed by atoms with Crippen molar-refractivity contribution in [1.82, 2.24) is 4.90 Å². The Hall–Kier alpha value is 0.230. The highest BCUT2D eigenvalue weighted by atomic mass is 32.2. The third-order valence-electron chi connectivity index (χ3n) is 3.26. The number of rotatable bonds is 7. The lowest BCUT2D eigenvalue weighted by Gasteiger charge is -2.37. The Balaban J connectivity index is 2.37. The molecule has 0 radical (unpaired) electrons. The number of hydrogen-bond acceptors (Lipinski definition) is 4. The van der Waals surface area contributed by atoms with Gasteiger partial charge in [0.05, 0.1) is 6.10 Å². The number of ether oxygens (including phenoxy) is 1. The quantitative estimate of drug-likeness (QED) is 0.740. The smallest absolute Gasteiger partial charge is 0.0702 e. The van der Waals surface area contributed by atoms with E-state index in [9.17, 15) is 0 Å². The molecule has 0 aromatic heterocycles. The van der Waals surface area contributed by atoms with E-state index in [0.29, 0.717) is 12.1 Å². The van der Waals surface area contributed by atoms with Crippen LogP contribution in [0.3, 0.4) is 0 Å². The second kappa shape index (κ2) is 8.34. The third-order valence-corrected chi connectivity index (χ3v) is 3.90. The summed E-state index contributed by atoms with van der Waals surface area (Å²) < 4.78 is 5.72. The molecule has 0 amide bonds. The van der Waals surface area contributed by atoms with Crippen LogP contribution in [0.2, 0.25) is 0 Å². The predicted octanol–water partition coefficient (Wildman–Crippen LogP) is 1.57. The summed E-state index contributed by atoms with van der Waals surface area (Å²) in [4.78, 5) is 2.53. The summed E-state index contributed by atoms with van der Waals surface area (Å²) in [5.74, 6) is 1.21. The van der Waals surface area contributed by atoms with Crippen molar-refractivity contribution < 1.29 is 4.74 Å². The minimum absolute atomic E-state index is 0.432. The van der Waals surface area contributed by atoms with E-state index in [1.807, 2.05) is 11.8 Å². The third kappa shape index (κ3) is 4.62. The Bertz CT molecular complexity index is 178. The maximum Gasteiger partial charge on any atom is 0.0702 e. The number of hydrogen-bond donors (Lipinski definition) is 1. The molecule has 4 heteroatoms. The van der Waals surface area contributed by atoms with Crippen molar-refractivity contribution in [1.29, 1.82) is 0 Å². The van der Waals surface area contributed by atoms with Crippen molar-refractivity contribution in [2.45, 2.75) is 38.3 Å². The molecule has 0 saturated carbocycles. The Morgan fingerprint density at radius 2 is 2.38 bits per heavy atom. The summed E-state index contributed by atoms with van der Waals surface area (Å²) in [6.45, 7) is 5.95. The molecule has 0 bridgehead atoms. The lowest BCUT2D eigenvalue weighted by Crippen LogP contribution is -2.48. The summed E-state index contributed by atoms with van der Waals surface area (Å²) in [6, 6.07) is 0.552. The van der Waals surface area contributed by atoms with Gasteiger partial charge in [0, 0.05) is 25.7 Å². The van der Waals surface area contributed by atoms with Crippen LogP contribution in [0.4, 0.5) is 0 Å². The van der Waals surface area contributed by atoms with Crippen LogP contribution >= 0.6 is 11.8 Å². The van der Waals surface area contributed by atoms with E-state index in [4.69, 9.17) is 10.5 Å². The standard InChI is InChI=1S/C12H26N2OS/c1-3-15-12-5-4-7-14(10-12)11(9-13)6-8-16-2/h11-12H,3-10,13H2,1-2H3. The van der Waals surface area contributed by atoms with Gasteiger partial charge in [0.25, 0.3) is 0 Å². The SMILES string of the molecule is CCOC1CCCN(C(CN)CCSC)C1. The number of likely N-dealkylation sites (tertiary alicyclic amines) is 1. The molecule has 1 rings (SSSR count). The van der Waals surface area contributed by atoms with E-state index in [1.165, 1.54) is 31.6 Å². The molecule has 0 aliphatic carbocycles. The predicted molar refractivity (Wildman–Crippen MR) is 72.1 cm³/mol. The Morgan fingerprint density at radius 1 is 1.56 bits per heavy atom. The van der Waals surface area contributed by atoms with Crippen LogP contribution in [-0.4, -0.2) is 55.3 Å². The molecule has 1 saturated heterocycles. The molecule has 1 fully saturated rings. The number of thioether (sulfide) groups is 1. The zero-order chi connectivity index (χ0) is 11.8. The van der Waals surface area contributed by atoms with E-state index < -0.39 is 0 Å². The van der Waals surface area contributed by atoms with E-state index in [2.05, 4.69) is 18.1 Å². The molecule has 0 spiro atoms. The second-order valence-electron chi connectivity index (χ2n) is 4.39. The van der Waals surface area contributed by atoms with Crippen LogP contribution in [-0.2, 0) is 4.74 Å². The largest absolute Gasteiger partial charge is 0.377 e. The van der Waals surface area contributed by atoms with Crippen molar-refractivity contribution >= 4 is 11.8 Å². The van der Waals surface area contributed by atoms with Gasteiger partial charge in [-0.3, -0.25) is 4.90 Å². The van der Waals surface area contributed by atoms with Crippen LogP contribution in [0.15, 0.2) is 0 Å². The van der Waals surface area contributed by atoms with E-state index in [-0.39, 0.29) is 0 Å². The molecule has 96 valence electrons. The average Bonchev–Trinajstić information content (AvgIpc) is 2.31. The van der Waals surface area contributed by atoms with Gasteiger partial charge in [-0.2, -0.15) is 11.8 Å². The zero-order valence-electron chi connectivity index (χ0n) is 10.7. The normalized spacial score (nSPS) is 24.6. The molecular weight excluding hydrogens is 220 g/mol. The van der Waals surface area contributed by atoms with Gasteiger partial charge in [0.15, 0.2) is 0 Å². The molecule has 1 aliphatic heterocycles.